The lowest BCUT2D eigenvalue weighted by Gasteiger charge is -2.24. The number of methoxy groups -OCH3 is 1. The van der Waals surface area contributed by atoms with Gasteiger partial charge < -0.3 is 20.1 Å². The summed E-state index contributed by atoms with van der Waals surface area (Å²) in [6, 6.07) is 4.69. The Morgan fingerprint density at radius 2 is 2.39 bits per heavy atom. The highest BCUT2D eigenvalue weighted by Gasteiger charge is 2.20. The van der Waals surface area contributed by atoms with Gasteiger partial charge in [-0.2, -0.15) is 0 Å². The first-order valence-corrected chi connectivity index (χ1v) is 6.61. The van der Waals surface area contributed by atoms with E-state index in [-0.39, 0.29) is 0 Å². The van der Waals surface area contributed by atoms with Crippen molar-refractivity contribution < 1.29 is 9.47 Å². The first-order chi connectivity index (χ1) is 8.86. The summed E-state index contributed by atoms with van der Waals surface area (Å²) in [5.74, 6) is 0.942. The van der Waals surface area contributed by atoms with Crippen molar-refractivity contribution in [3.8, 4) is 5.75 Å². The third-order valence-electron chi connectivity index (χ3n) is 3.71. The molecule has 1 fully saturated rings. The fraction of sp³-hybridized carbons (Fsp3) is 0.571. The maximum atomic E-state index is 5.42. The third-order valence-corrected chi connectivity index (χ3v) is 3.71. The maximum Gasteiger partial charge on any atom is 0.121 e. The van der Waals surface area contributed by atoms with Crippen molar-refractivity contribution >= 4 is 5.69 Å². The van der Waals surface area contributed by atoms with Crippen LogP contribution in [0.4, 0.5) is 5.69 Å². The fourth-order valence-corrected chi connectivity index (χ4v) is 2.69. The molecule has 1 atom stereocenters. The predicted molar refractivity (Wildman–Crippen MR) is 71.3 cm³/mol. The van der Waals surface area contributed by atoms with Gasteiger partial charge in [-0.3, -0.25) is 0 Å². The van der Waals surface area contributed by atoms with Crippen molar-refractivity contribution in [3.05, 3.63) is 23.3 Å². The molecule has 98 valence electrons. The summed E-state index contributed by atoms with van der Waals surface area (Å²) < 4.78 is 10.8. The Morgan fingerprint density at radius 1 is 1.44 bits per heavy atom. The number of benzene rings is 1. The molecule has 2 aliphatic heterocycles. The number of hydrogen-bond donors (Lipinski definition) is 2. The van der Waals surface area contributed by atoms with Crippen molar-refractivity contribution in [2.45, 2.75) is 25.4 Å². The van der Waals surface area contributed by atoms with E-state index in [1.54, 1.807) is 7.11 Å². The van der Waals surface area contributed by atoms with Crippen molar-refractivity contribution in [2.24, 2.45) is 0 Å². The molecule has 0 spiro atoms. The Kier molecular flexibility index (Phi) is 3.39. The lowest BCUT2D eigenvalue weighted by molar-refractivity contribution is 0.195. The van der Waals surface area contributed by atoms with Gasteiger partial charge in [-0.1, -0.05) is 0 Å². The van der Waals surface area contributed by atoms with Crippen LogP contribution in [-0.2, 0) is 17.7 Å². The van der Waals surface area contributed by atoms with E-state index < -0.39 is 0 Å². The summed E-state index contributed by atoms with van der Waals surface area (Å²) in [4.78, 5) is 0. The molecule has 1 saturated heterocycles. The summed E-state index contributed by atoms with van der Waals surface area (Å²) in [7, 11) is 1.73. The highest BCUT2D eigenvalue weighted by atomic mass is 16.5. The zero-order chi connectivity index (χ0) is 12.4. The van der Waals surface area contributed by atoms with Crippen LogP contribution in [0.5, 0.6) is 5.75 Å². The SMILES string of the molecule is COc1cc2c(c(NC3CCOC3)c1)CNCC2. The van der Waals surface area contributed by atoms with Gasteiger partial charge >= 0.3 is 0 Å². The van der Waals surface area contributed by atoms with E-state index in [2.05, 4.69) is 22.8 Å². The zero-order valence-corrected chi connectivity index (χ0v) is 10.8. The maximum absolute atomic E-state index is 5.42. The molecule has 1 aromatic rings. The third kappa shape index (κ3) is 2.31. The lowest BCUT2D eigenvalue weighted by atomic mass is 9.98. The molecule has 0 amide bonds. The average Bonchev–Trinajstić information content (AvgIpc) is 2.91. The van der Waals surface area contributed by atoms with E-state index in [9.17, 15) is 0 Å². The normalized spacial score (nSPS) is 22.6. The Hall–Kier alpha value is -1.26. The van der Waals surface area contributed by atoms with Crippen LogP contribution in [0, 0.1) is 0 Å². The first-order valence-electron chi connectivity index (χ1n) is 6.61. The summed E-state index contributed by atoms with van der Waals surface area (Å²) in [6.45, 7) is 3.66. The molecule has 2 aliphatic rings. The summed E-state index contributed by atoms with van der Waals surface area (Å²) in [6.07, 6.45) is 2.15. The molecule has 0 radical (unpaired) electrons. The molecular formula is C14H20N2O2. The smallest absolute Gasteiger partial charge is 0.121 e. The summed E-state index contributed by atoms with van der Waals surface area (Å²) in [5, 5.41) is 7.03. The van der Waals surface area contributed by atoms with E-state index in [4.69, 9.17) is 9.47 Å². The van der Waals surface area contributed by atoms with Crippen LogP contribution in [0.2, 0.25) is 0 Å². The Bertz CT molecular complexity index is 428. The van der Waals surface area contributed by atoms with E-state index in [1.807, 2.05) is 0 Å². The second kappa shape index (κ2) is 5.16. The number of nitrogens with one attached hydrogen (secondary N) is 2. The minimum absolute atomic E-state index is 0.433. The Morgan fingerprint density at radius 3 is 3.17 bits per heavy atom. The van der Waals surface area contributed by atoms with E-state index in [0.29, 0.717) is 6.04 Å². The molecular weight excluding hydrogens is 228 g/mol. The van der Waals surface area contributed by atoms with Gasteiger partial charge in [-0.05, 0) is 36.6 Å². The monoisotopic (exact) mass is 248 g/mol. The van der Waals surface area contributed by atoms with Crippen LogP contribution in [0.1, 0.15) is 17.5 Å². The van der Waals surface area contributed by atoms with Crippen LogP contribution in [0.25, 0.3) is 0 Å². The fourth-order valence-electron chi connectivity index (χ4n) is 2.69. The van der Waals surface area contributed by atoms with Gasteiger partial charge in [-0.15, -0.1) is 0 Å². The van der Waals surface area contributed by atoms with Gasteiger partial charge in [0, 0.05) is 24.9 Å². The number of fused-ring (bicyclic) bond motifs is 1. The van der Waals surface area contributed by atoms with Gasteiger partial charge in [0.2, 0.25) is 0 Å². The van der Waals surface area contributed by atoms with E-state index in [0.717, 1.165) is 44.9 Å². The van der Waals surface area contributed by atoms with Crippen molar-refractivity contribution in [1.29, 1.82) is 0 Å². The lowest BCUT2D eigenvalue weighted by Crippen LogP contribution is -2.27. The van der Waals surface area contributed by atoms with Crippen LogP contribution >= 0.6 is 0 Å². The molecule has 1 unspecified atom stereocenters. The first kappa shape index (κ1) is 11.8. The quantitative estimate of drug-likeness (QED) is 0.851. The molecule has 4 nitrogen and oxygen atoms in total. The van der Waals surface area contributed by atoms with Crippen molar-refractivity contribution in [1.82, 2.24) is 5.32 Å². The molecule has 1 aromatic carbocycles. The number of hydrogen-bond acceptors (Lipinski definition) is 4. The number of ether oxygens (including phenoxy) is 2. The van der Waals surface area contributed by atoms with Crippen LogP contribution in [0.15, 0.2) is 12.1 Å². The Balaban J connectivity index is 1.89. The molecule has 18 heavy (non-hydrogen) atoms. The second-order valence-corrected chi connectivity index (χ2v) is 4.94. The molecule has 3 rings (SSSR count). The molecule has 2 heterocycles. The molecule has 0 saturated carbocycles. The minimum atomic E-state index is 0.433. The number of anilines is 1. The van der Waals surface area contributed by atoms with E-state index >= 15 is 0 Å². The van der Waals surface area contributed by atoms with Crippen LogP contribution < -0.4 is 15.4 Å². The minimum Gasteiger partial charge on any atom is -0.497 e. The van der Waals surface area contributed by atoms with Gasteiger partial charge in [0.05, 0.1) is 19.8 Å². The second-order valence-electron chi connectivity index (χ2n) is 4.94. The van der Waals surface area contributed by atoms with Gasteiger partial charge in [0.1, 0.15) is 5.75 Å². The largest absolute Gasteiger partial charge is 0.497 e. The van der Waals surface area contributed by atoms with Crippen LogP contribution in [0.3, 0.4) is 0 Å². The van der Waals surface area contributed by atoms with Crippen molar-refractivity contribution in [2.75, 3.05) is 32.2 Å². The van der Waals surface area contributed by atoms with Crippen LogP contribution in [-0.4, -0.2) is 32.9 Å². The molecule has 2 N–H and O–H groups in total. The summed E-state index contributed by atoms with van der Waals surface area (Å²) in [5.41, 5.74) is 3.98. The topological polar surface area (TPSA) is 42.5 Å². The van der Waals surface area contributed by atoms with Gasteiger partial charge in [0.15, 0.2) is 0 Å². The molecule has 0 aromatic heterocycles. The van der Waals surface area contributed by atoms with E-state index in [1.165, 1.54) is 16.8 Å². The molecule has 4 heteroatoms. The van der Waals surface area contributed by atoms with Crippen molar-refractivity contribution in [3.63, 3.8) is 0 Å². The Labute approximate surface area is 108 Å². The highest BCUT2D eigenvalue weighted by molar-refractivity contribution is 5.60. The number of rotatable bonds is 3. The standard InChI is InChI=1S/C14H20N2O2/c1-17-12-6-10-2-4-15-8-13(10)14(7-12)16-11-3-5-18-9-11/h6-7,11,15-16H,2-5,8-9H2,1H3. The van der Waals surface area contributed by atoms with Gasteiger partial charge in [-0.25, -0.2) is 0 Å². The molecule has 0 bridgehead atoms. The zero-order valence-electron chi connectivity index (χ0n) is 10.8. The average molecular weight is 248 g/mol. The van der Waals surface area contributed by atoms with Gasteiger partial charge in [0.25, 0.3) is 0 Å². The summed E-state index contributed by atoms with van der Waals surface area (Å²) >= 11 is 0. The predicted octanol–water partition coefficient (Wildman–Crippen LogP) is 1.54. The highest BCUT2D eigenvalue weighted by Crippen LogP contribution is 2.30. The molecule has 0 aliphatic carbocycles.